The van der Waals surface area contributed by atoms with Gasteiger partial charge in [0.25, 0.3) is 0 Å². The lowest BCUT2D eigenvalue weighted by molar-refractivity contribution is 0.109. The highest BCUT2D eigenvalue weighted by atomic mass is 31.0. The second-order valence-corrected chi connectivity index (χ2v) is 3.92. The van der Waals surface area contributed by atoms with E-state index >= 15 is 0 Å². The Morgan fingerprint density at radius 3 is 2.83 bits per heavy atom. The van der Waals surface area contributed by atoms with Gasteiger partial charge in [-0.1, -0.05) is 24.3 Å². The molecule has 3 atom stereocenters. The summed E-state index contributed by atoms with van der Waals surface area (Å²) in [6, 6.07) is 8.56. The molecule has 12 heavy (non-hydrogen) atoms. The van der Waals surface area contributed by atoms with Gasteiger partial charge in [-0.15, -0.1) is 9.24 Å². The standard InChI is InChI=1S/C10H13OP/c1-11-9-6-7-4-2-3-5-8(7)10(9)12/h2-5,9-10H,6,12H2,1H3/t9-,10+/m1/s1. The molecular formula is C10H13OP. The van der Waals surface area contributed by atoms with Gasteiger partial charge < -0.3 is 4.74 Å². The van der Waals surface area contributed by atoms with Crippen molar-refractivity contribution in [3.05, 3.63) is 35.4 Å². The molecule has 64 valence electrons. The smallest absolute Gasteiger partial charge is 0.0714 e. The largest absolute Gasteiger partial charge is 0.380 e. The summed E-state index contributed by atoms with van der Waals surface area (Å²) in [6.45, 7) is 0. The van der Waals surface area contributed by atoms with Crippen LogP contribution in [0.4, 0.5) is 0 Å². The van der Waals surface area contributed by atoms with Gasteiger partial charge in [0.1, 0.15) is 0 Å². The molecule has 0 saturated carbocycles. The van der Waals surface area contributed by atoms with Crippen LogP contribution in [0.5, 0.6) is 0 Å². The third-order valence-corrected chi connectivity index (χ3v) is 3.33. The predicted octanol–water partition coefficient (Wildman–Crippen LogP) is 2.17. The zero-order valence-electron chi connectivity index (χ0n) is 7.16. The van der Waals surface area contributed by atoms with E-state index in [-0.39, 0.29) is 0 Å². The van der Waals surface area contributed by atoms with Crippen LogP contribution < -0.4 is 0 Å². The van der Waals surface area contributed by atoms with E-state index in [9.17, 15) is 0 Å². The average molecular weight is 180 g/mol. The first-order valence-corrected chi connectivity index (χ1v) is 4.86. The van der Waals surface area contributed by atoms with E-state index < -0.39 is 0 Å². The van der Waals surface area contributed by atoms with E-state index in [2.05, 4.69) is 33.5 Å². The number of rotatable bonds is 1. The lowest BCUT2D eigenvalue weighted by atomic mass is 10.1. The highest BCUT2D eigenvalue weighted by Gasteiger charge is 2.28. The maximum Gasteiger partial charge on any atom is 0.0714 e. The van der Waals surface area contributed by atoms with Crippen LogP contribution in [0.3, 0.4) is 0 Å². The summed E-state index contributed by atoms with van der Waals surface area (Å²) in [6.07, 6.45) is 1.41. The number of hydrogen-bond acceptors (Lipinski definition) is 1. The first-order valence-electron chi connectivity index (χ1n) is 4.19. The van der Waals surface area contributed by atoms with E-state index in [1.54, 1.807) is 7.11 Å². The van der Waals surface area contributed by atoms with Gasteiger partial charge in [0.15, 0.2) is 0 Å². The van der Waals surface area contributed by atoms with Crippen molar-refractivity contribution in [1.29, 1.82) is 0 Å². The molecule has 1 aliphatic rings. The Morgan fingerprint density at radius 2 is 2.17 bits per heavy atom. The van der Waals surface area contributed by atoms with Crippen LogP contribution in [0.1, 0.15) is 16.8 Å². The van der Waals surface area contributed by atoms with Crippen molar-refractivity contribution >= 4 is 9.24 Å². The van der Waals surface area contributed by atoms with Gasteiger partial charge >= 0.3 is 0 Å². The molecule has 1 unspecified atom stereocenters. The van der Waals surface area contributed by atoms with Crippen molar-refractivity contribution in [3.63, 3.8) is 0 Å². The molecule has 0 heterocycles. The zero-order chi connectivity index (χ0) is 8.55. The number of fused-ring (bicyclic) bond motifs is 1. The summed E-state index contributed by atoms with van der Waals surface area (Å²) in [7, 11) is 4.64. The minimum Gasteiger partial charge on any atom is -0.380 e. The van der Waals surface area contributed by atoms with Crippen molar-refractivity contribution in [2.75, 3.05) is 7.11 Å². The maximum atomic E-state index is 5.39. The molecule has 1 nitrogen and oxygen atoms in total. The molecule has 2 rings (SSSR count). The van der Waals surface area contributed by atoms with E-state index in [1.807, 2.05) is 0 Å². The van der Waals surface area contributed by atoms with E-state index in [4.69, 9.17) is 4.74 Å². The Kier molecular flexibility index (Phi) is 2.16. The summed E-state index contributed by atoms with van der Waals surface area (Å²) in [5, 5.41) is 0. The maximum absolute atomic E-state index is 5.39. The fourth-order valence-corrected chi connectivity index (χ4v) is 2.44. The molecule has 2 heteroatoms. The number of methoxy groups -OCH3 is 1. The highest BCUT2D eigenvalue weighted by Crippen LogP contribution is 2.38. The van der Waals surface area contributed by atoms with Crippen LogP contribution in [0.15, 0.2) is 24.3 Å². The Hall–Kier alpha value is -0.390. The lowest BCUT2D eigenvalue weighted by Gasteiger charge is -2.12. The minimum atomic E-state index is 0.354. The van der Waals surface area contributed by atoms with Gasteiger partial charge in [-0.2, -0.15) is 0 Å². The van der Waals surface area contributed by atoms with Crippen molar-refractivity contribution < 1.29 is 4.74 Å². The molecule has 0 bridgehead atoms. The average Bonchev–Trinajstić information content (AvgIpc) is 2.44. The zero-order valence-corrected chi connectivity index (χ0v) is 8.31. The van der Waals surface area contributed by atoms with Gasteiger partial charge in [0.05, 0.1) is 6.10 Å². The first-order chi connectivity index (χ1) is 5.83. The van der Waals surface area contributed by atoms with Crippen LogP contribution >= 0.6 is 9.24 Å². The van der Waals surface area contributed by atoms with Crippen LogP contribution in [0.2, 0.25) is 0 Å². The Balaban J connectivity index is 2.35. The fraction of sp³-hybridized carbons (Fsp3) is 0.400. The lowest BCUT2D eigenvalue weighted by Crippen LogP contribution is -2.11. The topological polar surface area (TPSA) is 9.23 Å². The second kappa shape index (κ2) is 3.16. The third-order valence-electron chi connectivity index (χ3n) is 2.54. The Morgan fingerprint density at radius 1 is 1.42 bits per heavy atom. The van der Waals surface area contributed by atoms with Crippen molar-refractivity contribution in [2.24, 2.45) is 0 Å². The van der Waals surface area contributed by atoms with Crippen LogP contribution in [0.25, 0.3) is 0 Å². The first kappa shape index (κ1) is 8.22. The normalized spacial score (nSPS) is 27.2. The van der Waals surface area contributed by atoms with Gasteiger partial charge in [0, 0.05) is 12.8 Å². The van der Waals surface area contributed by atoms with E-state index in [0.717, 1.165) is 6.42 Å². The van der Waals surface area contributed by atoms with Gasteiger partial charge in [-0.05, 0) is 17.5 Å². The van der Waals surface area contributed by atoms with Crippen LogP contribution in [-0.2, 0) is 11.2 Å². The number of hydrogen-bond donors (Lipinski definition) is 0. The molecule has 0 aromatic heterocycles. The third kappa shape index (κ3) is 1.18. The molecule has 0 spiro atoms. The highest BCUT2D eigenvalue weighted by molar-refractivity contribution is 7.17. The van der Waals surface area contributed by atoms with Gasteiger partial charge in [-0.3, -0.25) is 0 Å². The SMILES string of the molecule is CO[C@@H]1Cc2ccccc2[C@@H]1P. The molecule has 0 N–H and O–H groups in total. The minimum absolute atomic E-state index is 0.354. The van der Waals surface area contributed by atoms with Gasteiger partial charge in [0.2, 0.25) is 0 Å². The summed E-state index contributed by atoms with van der Waals surface area (Å²) < 4.78 is 5.39. The molecule has 0 fully saturated rings. The van der Waals surface area contributed by atoms with Gasteiger partial charge in [-0.25, -0.2) is 0 Å². The molecule has 0 radical (unpaired) electrons. The molecule has 1 aliphatic carbocycles. The number of benzene rings is 1. The van der Waals surface area contributed by atoms with Crippen molar-refractivity contribution in [2.45, 2.75) is 18.2 Å². The summed E-state index contributed by atoms with van der Waals surface area (Å²) >= 11 is 0. The molecule has 0 aliphatic heterocycles. The number of ether oxygens (including phenoxy) is 1. The van der Waals surface area contributed by atoms with E-state index in [0.29, 0.717) is 11.8 Å². The second-order valence-electron chi connectivity index (χ2n) is 3.20. The fourth-order valence-electron chi connectivity index (χ4n) is 1.82. The Labute approximate surface area is 75.3 Å². The Bertz CT molecular complexity index is 285. The molecular weight excluding hydrogens is 167 g/mol. The van der Waals surface area contributed by atoms with Crippen molar-refractivity contribution in [1.82, 2.24) is 0 Å². The molecule has 1 aromatic rings. The predicted molar refractivity (Wildman–Crippen MR) is 53.4 cm³/mol. The van der Waals surface area contributed by atoms with Crippen LogP contribution in [0, 0.1) is 0 Å². The molecule has 1 aromatic carbocycles. The monoisotopic (exact) mass is 180 g/mol. The quantitative estimate of drug-likeness (QED) is 0.602. The van der Waals surface area contributed by atoms with E-state index in [1.165, 1.54) is 11.1 Å². The molecule has 0 saturated heterocycles. The summed E-state index contributed by atoms with van der Waals surface area (Å²) in [5.41, 5.74) is 3.34. The summed E-state index contributed by atoms with van der Waals surface area (Å²) in [4.78, 5) is 0. The van der Waals surface area contributed by atoms with Crippen LogP contribution in [-0.4, -0.2) is 13.2 Å². The molecule has 0 amide bonds. The van der Waals surface area contributed by atoms with Crippen molar-refractivity contribution in [3.8, 4) is 0 Å². The summed E-state index contributed by atoms with van der Waals surface area (Å²) in [5.74, 6) is 0.